The quantitative estimate of drug-likeness (QED) is 0.822. The molecule has 0 aliphatic heterocycles. The van der Waals surface area contributed by atoms with Crippen molar-refractivity contribution < 1.29 is 19.4 Å². The molecule has 0 amide bonds. The van der Waals surface area contributed by atoms with Crippen LogP contribution in [0.4, 0.5) is 0 Å². The second-order valence-electron chi connectivity index (χ2n) is 4.89. The molecule has 114 valence electrons. The van der Waals surface area contributed by atoms with Crippen LogP contribution in [-0.2, 0) is 4.79 Å². The Kier molecular flexibility index (Phi) is 5.17. The van der Waals surface area contributed by atoms with Gasteiger partial charge in [-0.15, -0.1) is 0 Å². The Morgan fingerprint density at radius 3 is 2.05 bits per heavy atom. The summed E-state index contributed by atoms with van der Waals surface area (Å²) in [7, 11) is 0. The van der Waals surface area contributed by atoms with Gasteiger partial charge in [-0.25, -0.2) is 0 Å². The molecule has 0 aromatic heterocycles. The highest BCUT2D eigenvalue weighted by atomic mass is 35.5. The predicted molar refractivity (Wildman–Crippen MR) is 83.7 cm³/mol. The molecule has 0 bridgehead atoms. The average molecular weight is 319 g/mol. The monoisotopic (exact) mass is 318 g/mol. The minimum absolute atomic E-state index is 0.0779. The van der Waals surface area contributed by atoms with Crippen LogP contribution in [0.5, 0.6) is 5.75 Å². The van der Waals surface area contributed by atoms with Crippen molar-refractivity contribution in [2.75, 3.05) is 0 Å². The van der Waals surface area contributed by atoms with E-state index in [0.29, 0.717) is 21.9 Å². The van der Waals surface area contributed by atoms with E-state index in [1.54, 1.807) is 55.5 Å². The third-order valence-electron chi connectivity index (χ3n) is 3.02. The van der Waals surface area contributed by atoms with E-state index in [1.807, 2.05) is 0 Å². The molecule has 0 aliphatic carbocycles. The number of rotatable bonds is 6. The molecule has 1 unspecified atom stereocenters. The largest absolute Gasteiger partial charge is 0.490 e. The molecule has 0 saturated heterocycles. The number of hydrogen-bond donors (Lipinski definition) is 1. The van der Waals surface area contributed by atoms with Crippen LogP contribution in [0.2, 0.25) is 5.02 Å². The zero-order valence-corrected chi connectivity index (χ0v) is 12.7. The van der Waals surface area contributed by atoms with Crippen LogP contribution in [0.3, 0.4) is 0 Å². The Morgan fingerprint density at radius 2 is 1.55 bits per heavy atom. The molecule has 5 heteroatoms. The van der Waals surface area contributed by atoms with Gasteiger partial charge in [0.1, 0.15) is 11.9 Å². The number of aliphatic carboxylic acids is 1. The fourth-order valence-corrected chi connectivity index (χ4v) is 2.10. The van der Waals surface area contributed by atoms with Gasteiger partial charge in [0.25, 0.3) is 0 Å². The molecule has 2 rings (SSSR count). The summed E-state index contributed by atoms with van der Waals surface area (Å²) in [6, 6.07) is 13.3. The average Bonchev–Trinajstić information content (AvgIpc) is 2.47. The molecular formula is C17H15ClO4. The molecular weight excluding hydrogens is 304 g/mol. The molecule has 1 atom stereocenters. The topological polar surface area (TPSA) is 63.6 Å². The lowest BCUT2D eigenvalue weighted by Gasteiger charge is -2.12. The van der Waals surface area contributed by atoms with Gasteiger partial charge in [0.15, 0.2) is 5.78 Å². The fraction of sp³-hybridized carbons (Fsp3) is 0.176. The summed E-state index contributed by atoms with van der Waals surface area (Å²) in [5.74, 6) is -0.495. The van der Waals surface area contributed by atoms with Crippen LogP contribution in [0.25, 0.3) is 0 Å². The van der Waals surface area contributed by atoms with E-state index in [0.717, 1.165) is 0 Å². The number of carboxylic acids is 1. The number of halogens is 1. The number of ether oxygens (including phenoxy) is 1. The van der Waals surface area contributed by atoms with E-state index in [4.69, 9.17) is 21.4 Å². The van der Waals surface area contributed by atoms with Crippen LogP contribution in [0.1, 0.15) is 29.3 Å². The summed E-state index contributed by atoms with van der Waals surface area (Å²) in [6.07, 6.45) is -0.513. The normalized spacial score (nSPS) is 11.7. The lowest BCUT2D eigenvalue weighted by molar-refractivity contribution is -0.138. The summed E-state index contributed by atoms with van der Waals surface area (Å²) < 4.78 is 5.47. The van der Waals surface area contributed by atoms with Crippen molar-refractivity contribution in [1.82, 2.24) is 0 Å². The minimum atomic E-state index is -0.915. The van der Waals surface area contributed by atoms with E-state index in [9.17, 15) is 9.59 Å². The smallest absolute Gasteiger partial charge is 0.307 e. The Bertz CT molecular complexity index is 662. The highest BCUT2D eigenvalue weighted by Gasteiger charge is 2.11. The maximum Gasteiger partial charge on any atom is 0.307 e. The van der Waals surface area contributed by atoms with E-state index in [-0.39, 0.29) is 12.2 Å². The third kappa shape index (κ3) is 4.33. The van der Waals surface area contributed by atoms with E-state index < -0.39 is 12.1 Å². The molecule has 0 spiro atoms. The van der Waals surface area contributed by atoms with Crippen LogP contribution in [0.15, 0.2) is 48.5 Å². The van der Waals surface area contributed by atoms with Gasteiger partial charge >= 0.3 is 5.97 Å². The number of benzene rings is 2. The van der Waals surface area contributed by atoms with Gasteiger partial charge < -0.3 is 9.84 Å². The summed E-state index contributed by atoms with van der Waals surface area (Å²) in [6.45, 7) is 1.68. The fourth-order valence-electron chi connectivity index (χ4n) is 1.97. The van der Waals surface area contributed by atoms with Crippen molar-refractivity contribution in [2.24, 2.45) is 0 Å². The number of ketones is 1. The molecule has 0 saturated carbocycles. The SMILES string of the molecule is CC(CC(=O)O)Oc1ccc(C(=O)c2ccc(Cl)cc2)cc1. The molecule has 1 N–H and O–H groups in total. The minimum Gasteiger partial charge on any atom is -0.490 e. The van der Waals surface area contributed by atoms with Crippen molar-refractivity contribution in [2.45, 2.75) is 19.4 Å². The first kappa shape index (κ1) is 16.0. The maximum atomic E-state index is 12.3. The van der Waals surface area contributed by atoms with Crippen molar-refractivity contribution >= 4 is 23.4 Å². The van der Waals surface area contributed by atoms with Gasteiger partial charge in [-0.1, -0.05) is 11.6 Å². The Morgan fingerprint density at radius 1 is 1.05 bits per heavy atom. The molecule has 0 radical (unpaired) electrons. The summed E-state index contributed by atoms with van der Waals surface area (Å²) >= 11 is 5.80. The number of carbonyl (C=O) groups is 2. The highest BCUT2D eigenvalue weighted by molar-refractivity contribution is 6.30. The molecule has 0 aliphatic rings. The van der Waals surface area contributed by atoms with Crippen molar-refractivity contribution in [3.63, 3.8) is 0 Å². The van der Waals surface area contributed by atoms with Gasteiger partial charge in [0.05, 0.1) is 6.42 Å². The van der Waals surface area contributed by atoms with Gasteiger partial charge in [-0.2, -0.15) is 0 Å². The Balaban J connectivity index is 2.06. The van der Waals surface area contributed by atoms with E-state index >= 15 is 0 Å². The highest BCUT2D eigenvalue weighted by Crippen LogP contribution is 2.18. The van der Waals surface area contributed by atoms with Crippen LogP contribution in [-0.4, -0.2) is 23.0 Å². The Labute approximate surface area is 133 Å². The van der Waals surface area contributed by atoms with Gasteiger partial charge in [-0.05, 0) is 55.5 Å². The van der Waals surface area contributed by atoms with Crippen LogP contribution in [0, 0.1) is 0 Å². The van der Waals surface area contributed by atoms with Gasteiger partial charge in [0.2, 0.25) is 0 Å². The molecule has 0 heterocycles. The molecule has 22 heavy (non-hydrogen) atoms. The van der Waals surface area contributed by atoms with Gasteiger partial charge in [-0.3, -0.25) is 9.59 Å². The lowest BCUT2D eigenvalue weighted by atomic mass is 10.0. The van der Waals surface area contributed by atoms with Crippen LogP contribution < -0.4 is 4.74 Å². The summed E-state index contributed by atoms with van der Waals surface area (Å²) in [4.78, 5) is 22.9. The van der Waals surface area contributed by atoms with Crippen LogP contribution >= 0.6 is 11.6 Å². The van der Waals surface area contributed by atoms with E-state index in [2.05, 4.69) is 0 Å². The number of carboxylic acid groups (broad SMARTS) is 1. The first-order valence-electron chi connectivity index (χ1n) is 6.74. The van der Waals surface area contributed by atoms with Crippen molar-refractivity contribution in [3.05, 3.63) is 64.7 Å². The second-order valence-corrected chi connectivity index (χ2v) is 5.32. The van der Waals surface area contributed by atoms with E-state index in [1.165, 1.54) is 0 Å². The Hall–Kier alpha value is -2.33. The first-order chi connectivity index (χ1) is 10.5. The second kappa shape index (κ2) is 7.09. The number of hydrogen-bond acceptors (Lipinski definition) is 3. The molecule has 0 fully saturated rings. The third-order valence-corrected chi connectivity index (χ3v) is 3.27. The molecule has 4 nitrogen and oxygen atoms in total. The predicted octanol–water partition coefficient (Wildman–Crippen LogP) is 3.81. The van der Waals surface area contributed by atoms with Gasteiger partial charge in [0, 0.05) is 16.1 Å². The zero-order chi connectivity index (χ0) is 16.1. The summed E-state index contributed by atoms with van der Waals surface area (Å²) in [5, 5.41) is 9.27. The zero-order valence-electron chi connectivity index (χ0n) is 12.0. The standard InChI is InChI=1S/C17H15ClO4/c1-11(10-16(19)20)22-15-8-4-13(5-9-15)17(21)12-2-6-14(18)7-3-12/h2-9,11H,10H2,1H3,(H,19,20). The van der Waals surface area contributed by atoms with Crippen molar-refractivity contribution in [3.8, 4) is 5.75 Å². The lowest BCUT2D eigenvalue weighted by Crippen LogP contribution is -2.16. The molecule has 2 aromatic rings. The number of carbonyl (C=O) groups excluding carboxylic acids is 1. The first-order valence-corrected chi connectivity index (χ1v) is 7.12. The molecule has 2 aromatic carbocycles. The summed E-state index contributed by atoms with van der Waals surface area (Å²) in [5.41, 5.74) is 1.08. The maximum absolute atomic E-state index is 12.3. The van der Waals surface area contributed by atoms with Crippen molar-refractivity contribution in [1.29, 1.82) is 0 Å².